The highest BCUT2D eigenvalue weighted by atomic mass is 19.1. The number of carbonyl (C=O) groups excluding carboxylic acids is 2. The van der Waals surface area contributed by atoms with Gasteiger partial charge in [0.1, 0.15) is 23.3 Å². The number of aryl methyl sites for hydroxylation is 2. The molecule has 0 aliphatic carbocycles. The zero-order valence-electron chi connectivity index (χ0n) is 23.3. The molecule has 0 unspecified atom stereocenters. The van der Waals surface area contributed by atoms with Gasteiger partial charge < -0.3 is 31.7 Å². The molecule has 2 fully saturated rings. The molecule has 2 amide bonds. The quantitative estimate of drug-likeness (QED) is 0.184. The second-order valence-corrected chi connectivity index (χ2v) is 11.5. The Morgan fingerprint density at radius 3 is 1.48 bits per heavy atom. The van der Waals surface area contributed by atoms with E-state index >= 15 is 0 Å². The molecule has 2 aromatic rings. The van der Waals surface area contributed by atoms with Gasteiger partial charge in [0.2, 0.25) is 0 Å². The lowest BCUT2D eigenvalue weighted by Crippen LogP contribution is -2.49. The van der Waals surface area contributed by atoms with E-state index in [0.29, 0.717) is 37.1 Å². The number of nitrogens with two attached hydrogens (primary N) is 2. The summed E-state index contributed by atoms with van der Waals surface area (Å²) in [5.74, 6) is -0.665. The SMILES string of the molecule is N/C(=N\O)[C@H]1CC[C@H]2CCc3cc(F)ccc3C(=O)N2C1.N/C(=N\O)[C@H]1CC[C@H]2CCc3cc(F)ccc3C(=O)N2C1. The first-order valence-corrected chi connectivity index (χ1v) is 14.3. The van der Waals surface area contributed by atoms with Crippen molar-refractivity contribution >= 4 is 23.5 Å². The lowest BCUT2D eigenvalue weighted by atomic mass is 9.90. The number of halogens is 2. The van der Waals surface area contributed by atoms with Gasteiger partial charge in [0.15, 0.2) is 0 Å². The number of hydrogen-bond donors (Lipinski definition) is 4. The summed E-state index contributed by atoms with van der Waals surface area (Å²) >= 11 is 0. The molecule has 0 radical (unpaired) electrons. The first-order valence-electron chi connectivity index (χ1n) is 14.3. The van der Waals surface area contributed by atoms with Crippen molar-refractivity contribution < 1.29 is 28.8 Å². The van der Waals surface area contributed by atoms with Crippen LogP contribution in [0.3, 0.4) is 0 Å². The zero-order valence-corrected chi connectivity index (χ0v) is 23.3. The summed E-state index contributed by atoms with van der Waals surface area (Å²) in [7, 11) is 0. The summed E-state index contributed by atoms with van der Waals surface area (Å²) < 4.78 is 26.7. The number of piperidine rings is 2. The minimum Gasteiger partial charge on any atom is -0.409 e. The average Bonchev–Trinajstić information content (AvgIpc) is 3.23. The van der Waals surface area contributed by atoms with Crippen molar-refractivity contribution in [1.82, 2.24) is 9.80 Å². The summed E-state index contributed by atoms with van der Waals surface area (Å²) in [5.41, 5.74) is 14.0. The highest BCUT2D eigenvalue weighted by Crippen LogP contribution is 2.32. The molecule has 42 heavy (non-hydrogen) atoms. The molecule has 4 aliphatic rings. The van der Waals surface area contributed by atoms with Crippen LogP contribution in [-0.2, 0) is 12.8 Å². The molecule has 224 valence electrons. The summed E-state index contributed by atoms with van der Waals surface area (Å²) in [4.78, 5) is 29.0. The van der Waals surface area contributed by atoms with Gasteiger partial charge in [-0.25, -0.2) is 8.78 Å². The Morgan fingerprint density at radius 2 is 1.10 bits per heavy atom. The highest BCUT2D eigenvalue weighted by Gasteiger charge is 2.37. The predicted molar refractivity (Wildman–Crippen MR) is 151 cm³/mol. The molecule has 10 nitrogen and oxygen atoms in total. The number of rotatable bonds is 2. The summed E-state index contributed by atoms with van der Waals surface area (Å²) in [6.07, 6.45) is 6.30. The lowest BCUT2D eigenvalue weighted by Gasteiger charge is -2.38. The van der Waals surface area contributed by atoms with E-state index in [2.05, 4.69) is 10.3 Å². The van der Waals surface area contributed by atoms with Gasteiger partial charge in [0.05, 0.1) is 0 Å². The van der Waals surface area contributed by atoms with E-state index in [9.17, 15) is 18.4 Å². The summed E-state index contributed by atoms with van der Waals surface area (Å²) in [6.45, 7) is 0.909. The van der Waals surface area contributed by atoms with E-state index in [-0.39, 0.29) is 59.0 Å². The molecule has 0 aromatic heterocycles. The van der Waals surface area contributed by atoms with E-state index in [4.69, 9.17) is 21.9 Å². The zero-order chi connectivity index (χ0) is 30.0. The Bertz CT molecular complexity index is 1310. The molecule has 2 saturated heterocycles. The minimum absolute atomic E-state index is 0.0806. The molecule has 0 bridgehead atoms. The standard InChI is InChI=1S/2C15H18FN3O2/c2*16-11-3-6-13-9(7-11)1-4-12-5-2-10(14(17)18-21)8-19(12)15(13)20/h2*3,6-7,10,12,21H,1-2,4-5,8H2,(H2,17,18)/t2*10-,12+/m00/s1. The van der Waals surface area contributed by atoms with Crippen LogP contribution in [0.1, 0.15) is 70.4 Å². The molecule has 12 heteroatoms. The van der Waals surface area contributed by atoms with Gasteiger partial charge in [-0.1, -0.05) is 10.3 Å². The molecular formula is C30H36F2N6O4. The molecule has 4 aliphatic heterocycles. The maximum absolute atomic E-state index is 13.4. The monoisotopic (exact) mass is 582 g/mol. The fourth-order valence-electron chi connectivity index (χ4n) is 6.71. The number of hydrogen-bond acceptors (Lipinski definition) is 6. The predicted octanol–water partition coefficient (Wildman–Crippen LogP) is 3.48. The minimum atomic E-state index is -0.309. The van der Waals surface area contributed by atoms with Crippen LogP contribution in [-0.4, -0.2) is 68.9 Å². The first-order chi connectivity index (χ1) is 20.2. The maximum Gasteiger partial charge on any atom is 0.254 e. The van der Waals surface area contributed by atoms with Gasteiger partial charge >= 0.3 is 0 Å². The lowest BCUT2D eigenvalue weighted by molar-refractivity contribution is 0.0571. The number of amides is 2. The van der Waals surface area contributed by atoms with Crippen molar-refractivity contribution in [3.63, 3.8) is 0 Å². The van der Waals surface area contributed by atoms with Crippen LogP contribution in [0.5, 0.6) is 0 Å². The molecular weight excluding hydrogens is 546 g/mol. The van der Waals surface area contributed by atoms with E-state index in [0.717, 1.165) is 49.7 Å². The number of benzene rings is 2. The van der Waals surface area contributed by atoms with Gasteiger partial charge in [-0.05, 0) is 98.9 Å². The smallest absolute Gasteiger partial charge is 0.254 e. The van der Waals surface area contributed by atoms with Crippen molar-refractivity contribution in [2.24, 2.45) is 33.6 Å². The summed E-state index contributed by atoms with van der Waals surface area (Å²) in [6, 6.07) is 8.96. The van der Waals surface area contributed by atoms with Crippen LogP contribution < -0.4 is 11.5 Å². The van der Waals surface area contributed by atoms with Gasteiger partial charge in [0, 0.05) is 48.1 Å². The fourth-order valence-corrected chi connectivity index (χ4v) is 6.71. The third-order valence-corrected chi connectivity index (χ3v) is 9.09. The average molecular weight is 583 g/mol. The fraction of sp³-hybridized carbons (Fsp3) is 0.467. The normalized spacial score (nSPS) is 26.0. The van der Waals surface area contributed by atoms with Crippen LogP contribution in [0, 0.1) is 23.5 Å². The van der Waals surface area contributed by atoms with Crippen LogP contribution in [0.15, 0.2) is 46.7 Å². The number of fused-ring (bicyclic) bond motifs is 4. The Morgan fingerprint density at radius 1 is 0.690 bits per heavy atom. The molecule has 6 rings (SSSR count). The number of oxime groups is 2. The Kier molecular flexibility index (Phi) is 8.60. The van der Waals surface area contributed by atoms with Crippen molar-refractivity contribution in [2.45, 2.75) is 63.5 Å². The second-order valence-electron chi connectivity index (χ2n) is 11.5. The molecule has 0 saturated carbocycles. The maximum atomic E-state index is 13.4. The van der Waals surface area contributed by atoms with Crippen LogP contribution in [0.25, 0.3) is 0 Å². The van der Waals surface area contributed by atoms with Crippen molar-refractivity contribution in [1.29, 1.82) is 0 Å². The van der Waals surface area contributed by atoms with E-state index in [1.165, 1.54) is 24.3 Å². The van der Waals surface area contributed by atoms with Crippen molar-refractivity contribution in [3.05, 3.63) is 70.3 Å². The highest BCUT2D eigenvalue weighted by molar-refractivity contribution is 5.97. The number of carbonyl (C=O) groups is 2. The van der Waals surface area contributed by atoms with Crippen LogP contribution >= 0.6 is 0 Å². The summed E-state index contributed by atoms with van der Waals surface area (Å²) in [5, 5.41) is 23.7. The van der Waals surface area contributed by atoms with Gasteiger partial charge in [-0.2, -0.15) is 0 Å². The molecule has 2 aromatic carbocycles. The van der Waals surface area contributed by atoms with Crippen molar-refractivity contribution in [2.75, 3.05) is 13.1 Å². The second kappa shape index (κ2) is 12.3. The third-order valence-electron chi connectivity index (χ3n) is 9.09. The van der Waals surface area contributed by atoms with Crippen LogP contribution in [0.4, 0.5) is 8.78 Å². The van der Waals surface area contributed by atoms with Crippen LogP contribution in [0.2, 0.25) is 0 Å². The van der Waals surface area contributed by atoms with E-state index in [1.54, 1.807) is 21.9 Å². The number of nitrogens with zero attached hydrogens (tertiary/aromatic N) is 4. The van der Waals surface area contributed by atoms with Gasteiger partial charge in [0.25, 0.3) is 11.8 Å². The molecule has 0 spiro atoms. The Labute approximate surface area is 242 Å². The third kappa shape index (κ3) is 5.88. The topological polar surface area (TPSA) is 158 Å². The van der Waals surface area contributed by atoms with Gasteiger partial charge in [-0.3, -0.25) is 9.59 Å². The largest absolute Gasteiger partial charge is 0.409 e. The Hall–Kier alpha value is -4.22. The molecule has 4 heterocycles. The van der Waals surface area contributed by atoms with E-state index < -0.39 is 0 Å². The molecule has 4 atom stereocenters. The first kappa shape index (κ1) is 29.3. The molecule has 6 N–H and O–H groups in total. The number of amidine groups is 2. The van der Waals surface area contributed by atoms with Gasteiger partial charge in [-0.15, -0.1) is 0 Å². The van der Waals surface area contributed by atoms with Crippen molar-refractivity contribution in [3.8, 4) is 0 Å². The van der Waals surface area contributed by atoms with E-state index in [1.807, 2.05) is 0 Å². The Balaban J connectivity index is 0.000000168.